The van der Waals surface area contributed by atoms with Gasteiger partial charge in [0.1, 0.15) is 22.2 Å². The summed E-state index contributed by atoms with van der Waals surface area (Å²) < 4.78 is 21.0. The van der Waals surface area contributed by atoms with Gasteiger partial charge >= 0.3 is 17.8 Å². The van der Waals surface area contributed by atoms with Gasteiger partial charge < -0.3 is 18.6 Å². The lowest BCUT2D eigenvalue weighted by molar-refractivity contribution is -0.402. The fraction of sp³-hybridized carbons (Fsp3) is 0.308. The molecule has 3 aromatic rings. The molecule has 9 nitrogen and oxygen atoms in total. The lowest BCUT2D eigenvalue weighted by Gasteiger charge is -2.08. The van der Waals surface area contributed by atoms with Gasteiger partial charge in [-0.2, -0.15) is 0 Å². The van der Waals surface area contributed by atoms with Crippen LogP contribution in [0.3, 0.4) is 0 Å². The molecule has 0 aliphatic heterocycles. The second kappa shape index (κ2) is 12.9. The van der Waals surface area contributed by atoms with E-state index in [0.29, 0.717) is 18.1 Å². The van der Waals surface area contributed by atoms with Crippen molar-refractivity contribution in [3.8, 4) is 17.2 Å². The number of carbonyl (C=O) groups is 2. The smallest absolute Gasteiger partial charge is 0.433 e. The molecule has 3 rings (SSSR count). The fourth-order valence-electron chi connectivity index (χ4n) is 3.19. The summed E-state index contributed by atoms with van der Waals surface area (Å²) in [5, 5.41) is 10.6. The van der Waals surface area contributed by atoms with Gasteiger partial charge in [-0.3, -0.25) is 10.1 Å². The Bertz CT molecular complexity index is 1120. The molecule has 0 aliphatic carbocycles. The Labute approximate surface area is 202 Å². The molecule has 184 valence electrons. The van der Waals surface area contributed by atoms with Gasteiger partial charge in [-0.15, -0.1) is 0 Å². The first-order chi connectivity index (χ1) is 17.0. The molecule has 0 atom stereocenters. The third kappa shape index (κ3) is 7.99. The summed E-state index contributed by atoms with van der Waals surface area (Å²) in [6.07, 6.45) is 7.16. The highest BCUT2D eigenvalue weighted by Crippen LogP contribution is 2.21. The van der Waals surface area contributed by atoms with Crippen LogP contribution in [0.15, 0.2) is 65.1 Å². The Morgan fingerprint density at radius 3 is 1.97 bits per heavy atom. The first-order valence-electron chi connectivity index (χ1n) is 11.5. The predicted molar refractivity (Wildman–Crippen MR) is 127 cm³/mol. The lowest BCUT2D eigenvalue weighted by atomic mass is 10.1. The van der Waals surface area contributed by atoms with E-state index in [2.05, 4.69) is 6.92 Å². The number of ether oxygens (including phenoxy) is 3. The predicted octanol–water partition coefficient (Wildman–Crippen LogP) is 6.37. The molecule has 2 aromatic carbocycles. The Morgan fingerprint density at radius 2 is 1.34 bits per heavy atom. The second-order valence-corrected chi connectivity index (χ2v) is 7.79. The molecule has 0 spiro atoms. The highest BCUT2D eigenvalue weighted by Gasteiger charge is 2.19. The van der Waals surface area contributed by atoms with Crippen LogP contribution in [0.1, 0.15) is 66.4 Å². The average molecular weight is 482 g/mol. The van der Waals surface area contributed by atoms with Crippen molar-refractivity contribution in [2.24, 2.45) is 0 Å². The number of carbonyl (C=O) groups excluding carboxylic acids is 2. The van der Waals surface area contributed by atoms with Crippen LogP contribution in [-0.2, 0) is 0 Å². The largest absolute Gasteiger partial charge is 0.494 e. The van der Waals surface area contributed by atoms with Gasteiger partial charge in [-0.25, -0.2) is 9.59 Å². The monoisotopic (exact) mass is 481 g/mol. The molecule has 0 saturated carbocycles. The molecular formula is C26H27NO8. The van der Waals surface area contributed by atoms with Gasteiger partial charge in [0.25, 0.3) is 0 Å². The summed E-state index contributed by atoms with van der Waals surface area (Å²) in [5.41, 5.74) is 0.252. The second-order valence-electron chi connectivity index (χ2n) is 7.79. The summed E-state index contributed by atoms with van der Waals surface area (Å²) in [6, 6.07) is 14.7. The van der Waals surface area contributed by atoms with Crippen LogP contribution in [0, 0.1) is 10.1 Å². The zero-order valence-electron chi connectivity index (χ0n) is 19.4. The summed E-state index contributed by atoms with van der Waals surface area (Å²) >= 11 is 0. The van der Waals surface area contributed by atoms with Crippen molar-refractivity contribution in [1.82, 2.24) is 0 Å². The molecule has 0 amide bonds. The van der Waals surface area contributed by atoms with E-state index in [1.165, 1.54) is 49.9 Å². The van der Waals surface area contributed by atoms with E-state index < -0.39 is 22.7 Å². The highest BCUT2D eigenvalue weighted by molar-refractivity contribution is 5.91. The normalized spacial score (nSPS) is 10.5. The average Bonchev–Trinajstić information content (AvgIpc) is 3.36. The summed E-state index contributed by atoms with van der Waals surface area (Å²) in [5.74, 6) is -1.12. The van der Waals surface area contributed by atoms with Crippen molar-refractivity contribution >= 4 is 17.8 Å². The molecule has 0 radical (unpaired) electrons. The maximum Gasteiger partial charge on any atom is 0.433 e. The number of esters is 2. The number of hydrogen-bond acceptors (Lipinski definition) is 8. The number of nitrogens with zero attached hydrogens (tertiary/aromatic N) is 1. The maximum absolute atomic E-state index is 12.4. The minimum atomic E-state index is -0.896. The van der Waals surface area contributed by atoms with Crippen LogP contribution in [0.5, 0.6) is 17.2 Å². The van der Waals surface area contributed by atoms with Crippen LogP contribution in [0.2, 0.25) is 0 Å². The Balaban J connectivity index is 1.44. The first kappa shape index (κ1) is 25.5. The third-order valence-electron chi connectivity index (χ3n) is 5.07. The third-order valence-corrected chi connectivity index (χ3v) is 5.07. The molecular weight excluding hydrogens is 454 g/mol. The molecule has 0 fully saturated rings. The lowest BCUT2D eigenvalue weighted by Crippen LogP contribution is -2.10. The van der Waals surface area contributed by atoms with Crippen LogP contribution in [0.25, 0.3) is 0 Å². The number of furan rings is 1. The van der Waals surface area contributed by atoms with Crippen LogP contribution in [-0.4, -0.2) is 23.5 Å². The van der Waals surface area contributed by atoms with E-state index in [-0.39, 0.29) is 17.1 Å². The van der Waals surface area contributed by atoms with Gasteiger partial charge in [0.2, 0.25) is 5.76 Å². The van der Waals surface area contributed by atoms with E-state index in [1.807, 2.05) is 0 Å². The quantitative estimate of drug-likeness (QED) is 0.0909. The van der Waals surface area contributed by atoms with E-state index in [4.69, 9.17) is 18.6 Å². The minimum Gasteiger partial charge on any atom is -0.494 e. The number of benzene rings is 2. The van der Waals surface area contributed by atoms with Crippen molar-refractivity contribution in [3.05, 3.63) is 82.1 Å². The first-order valence-corrected chi connectivity index (χ1v) is 11.5. The van der Waals surface area contributed by atoms with Gasteiger partial charge in [0.05, 0.1) is 18.2 Å². The van der Waals surface area contributed by atoms with Crippen LogP contribution in [0.4, 0.5) is 5.88 Å². The summed E-state index contributed by atoms with van der Waals surface area (Å²) in [6.45, 7) is 2.85. The van der Waals surface area contributed by atoms with E-state index >= 15 is 0 Å². The molecule has 35 heavy (non-hydrogen) atoms. The molecule has 0 unspecified atom stereocenters. The molecule has 0 bridgehead atoms. The fourth-order valence-corrected chi connectivity index (χ4v) is 3.19. The van der Waals surface area contributed by atoms with Crippen molar-refractivity contribution in [2.45, 2.75) is 45.4 Å². The summed E-state index contributed by atoms with van der Waals surface area (Å²) in [7, 11) is 0. The molecule has 1 aromatic heterocycles. The van der Waals surface area contributed by atoms with Crippen molar-refractivity contribution in [1.29, 1.82) is 0 Å². The van der Waals surface area contributed by atoms with Gasteiger partial charge in [0, 0.05) is 0 Å². The SMILES string of the molecule is CCCCCCCCOc1ccc(OC(=O)c2ccc(OC(=O)c3ccc([N+](=O)[O-])o3)cc2)cc1. The van der Waals surface area contributed by atoms with Gasteiger partial charge in [0.15, 0.2) is 0 Å². The minimum absolute atomic E-state index is 0.137. The molecule has 0 saturated heterocycles. The van der Waals surface area contributed by atoms with Gasteiger partial charge in [-0.1, -0.05) is 39.0 Å². The number of nitro groups is 1. The topological polar surface area (TPSA) is 118 Å². The zero-order chi connectivity index (χ0) is 25.0. The van der Waals surface area contributed by atoms with E-state index in [9.17, 15) is 19.7 Å². The zero-order valence-corrected chi connectivity index (χ0v) is 19.4. The molecule has 1 heterocycles. The Hall–Kier alpha value is -4.14. The number of unbranched alkanes of at least 4 members (excludes halogenated alkanes) is 5. The standard InChI is InChI=1S/C26H27NO8/c1-2-3-4-5-6-7-18-32-20-12-14-22(15-13-20)33-25(28)19-8-10-21(11-9-19)34-26(29)23-16-17-24(35-23)27(30)31/h8-17H,2-7,18H2,1H3. The van der Waals surface area contributed by atoms with Crippen molar-refractivity contribution in [3.63, 3.8) is 0 Å². The maximum atomic E-state index is 12.4. The van der Waals surface area contributed by atoms with Gasteiger partial charge in [-0.05, 0) is 61.0 Å². The highest BCUT2D eigenvalue weighted by atomic mass is 16.7. The Kier molecular flexibility index (Phi) is 9.41. The molecule has 0 aliphatic rings. The number of hydrogen-bond donors (Lipinski definition) is 0. The van der Waals surface area contributed by atoms with Crippen molar-refractivity contribution in [2.75, 3.05) is 6.61 Å². The van der Waals surface area contributed by atoms with E-state index in [0.717, 1.165) is 25.0 Å². The molecule has 0 N–H and O–H groups in total. The summed E-state index contributed by atoms with van der Waals surface area (Å²) in [4.78, 5) is 34.3. The molecule has 9 heteroatoms. The van der Waals surface area contributed by atoms with Crippen molar-refractivity contribution < 1.29 is 33.1 Å². The number of rotatable bonds is 13. The van der Waals surface area contributed by atoms with Crippen LogP contribution >= 0.6 is 0 Å². The Morgan fingerprint density at radius 1 is 0.771 bits per heavy atom. The van der Waals surface area contributed by atoms with E-state index in [1.54, 1.807) is 24.3 Å². The van der Waals surface area contributed by atoms with Crippen LogP contribution < -0.4 is 14.2 Å².